The Labute approximate surface area is 212 Å². The molecule has 0 aliphatic carbocycles. The summed E-state index contributed by atoms with van der Waals surface area (Å²) in [5.41, 5.74) is 10.5. The van der Waals surface area contributed by atoms with E-state index in [1.54, 1.807) is 0 Å². The average molecular weight is 543 g/mol. The van der Waals surface area contributed by atoms with E-state index >= 15 is 0 Å². The lowest BCUT2D eigenvalue weighted by Crippen LogP contribution is -2.55. The minimum atomic E-state index is -4.67. The summed E-state index contributed by atoms with van der Waals surface area (Å²) in [7, 11) is -4.67. The third kappa shape index (κ3) is 24.3. The molecular formula is C20H42N6O9S. The van der Waals surface area contributed by atoms with Crippen molar-refractivity contribution in [3.05, 3.63) is 0 Å². The fraction of sp³-hybridized carbons (Fsp3) is 0.750. The van der Waals surface area contributed by atoms with Gasteiger partial charge < -0.3 is 37.7 Å². The molecule has 0 heterocycles. The van der Waals surface area contributed by atoms with Crippen LogP contribution in [-0.2, 0) is 29.6 Å². The Bertz CT molecular complexity index is 806. The third-order valence-corrected chi connectivity index (χ3v) is 4.20. The summed E-state index contributed by atoms with van der Waals surface area (Å²) in [6.45, 7) is 9.43. The highest BCUT2D eigenvalue weighted by Crippen LogP contribution is 2.09. The summed E-state index contributed by atoms with van der Waals surface area (Å²) in [6, 6.07) is -2.26. The SMILES string of the molecule is CC(=O)N[C@@H](CC(C)C)C(=O)N[C@@H](CC(C)C)C(=O)N[C@H](C=O)CCCN=C(N)N.O.O=S(=O)(O)O. The van der Waals surface area contributed by atoms with E-state index in [1.165, 1.54) is 6.92 Å². The highest BCUT2D eigenvalue weighted by Gasteiger charge is 2.28. The van der Waals surface area contributed by atoms with Crippen molar-refractivity contribution in [1.29, 1.82) is 0 Å². The van der Waals surface area contributed by atoms with Crippen molar-refractivity contribution in [2.75, 3.05) is 6.54 Å². The molecule has 15 nitrogen and oxygen atoms in total. The zero-order valence-electron chi connectivity index (χ0n) is 21.4. The summed E-state index contributed by atoms with van der Waals surface area (Å²) < 4.78 is 31.6. The average Bonchev–Trinajstić information content (AvgIpc) is 2.66. The van der Waals surface area contributed by atoms with Gasteiger partial charge in [0.2, 0.25) is 17.7 Å². The highest BCUT2D eigenvalue weighted by atomic mass is 32.3. The summed E-state index contributed by atoms with van der Waals surface area (Å²) in [4.78, 5) is 52.1. The van der Waals surface area contributed by atoms with Crippen LogP contribution < -0.4 is 27.4 Å². The largest absolute Gasteiger partial charge is 0.412 e. The Morgan fingerprint density at radius 2 is 1.33 bits per heavy atom. The predicted molar refractivity (Wildman–Crippen MR) is 134 cm³/mol. The summed E-state index contributed by atoms with van der Waals surface area (Å²) in [5.74, 6) is -0.909. The molecule has 0 aliphatic heterocycles. The normalized spacial score (nSPS) is 13.1. The van der Waals surface area contributed by atoms with Crippen molar-refractivity contribution in [2.24, 2.45) is 28.3 Å². The second kappa shape index (κ2) is 19.4. The molecule has 0 rings (SSSR count). The maximum atomic E-state index is 12.8. The van der Waals surface area contributed by atoms with Crippen molar-refractivity contribution >= 4 is 40.4 Å². The number of amides is 3. The standard InChI is InChI=1S/C20H38N6O4.H2O4S.H2O/c1-12(2)9-16(24-14(5)28)19(30)26-17(10-13(3)4)18(29)25-15(11-27)7-6-8-23-20(21)22;1-5(2,3)4;/h11-13,15-17H,6-10H2,1-5H3,(H,24,28)(H,25,29)(H,26,30)(H4,21,22,23);(H2,1,2,3,4);1H2/t15-,16-,17-;;/m0../s1. The van der Waals surface area contributed by atoms with E-state index in [9.17, 15) is 19.2 Å². The number of carbonyl (C=O) groups excluding carboxylic acids is 4. The van der Waals surface area contributed by atoms with Crippen LogP contribution in [0.25, 0.3) is 0 Å². The minimum absolute atomic E-state index is 0. The molecule has 0 bridgehead atoms. The van der Waals surface area contributed by atoms with Crippen molar-refractivity contribution < 1.29 is 42.2 Å². The fourth-order valence-electron chi connectivity index (χ4n) is 2.90. The lowest BCUT2D eigenvalue weighted by molar-refractivity contribution is -0.133. The first-order chi connectivity index (χ1) is 16.0. The van der Waals surface area contributed by atoms with Crippen molar-refractivity contribution in [1.82, 2.24) is 16.0 Å². The van der Waals surface area contributed by atoms with Crippen LogP contribution in [0.4, 0.5) is 0 Å². The number of guanidine groups is 1. The highest BCUT2D eigenvalue weighted by molar-refractivity contribution is 7.79. The van der Waals surface area contributed by atoms with E-state index in [-0.39, 0.29) is 29.2 Å². The molecule has 0 radical (unpaired) electrons. The number of nitrogens with two attached hydrogens (primary N) is 2. The molecule has 0 aromatic rings. The molecule has 0 aromatic heterocycles. The number of nitrogens with zero attached hydrogens (tertiary/aromatic N) is 1. The number of nitrogens with one attached hydrogen (secondary N) is 3. The first kappa shape index (κ1) is 37.7. The van der Waals surface area contributed by atoms with Crippen LogP contribution >= 0.6 is 0 Å². The molecule has 3 amide bonds. The summed E-state index contributed by atoms with van der Waals surface area (Å²) in [5, 5.41) is 8.03. The Kier molecular flexibility index (Phi) is 20.3. The number of carbonyl (C=O) groups is 4. The molecule has 11 N–H and O–H groups in total. The lowest BCUT2D eigenvalue weighted by Gasteiger charge is -2.25. The van der Waals surface area contributed by atoms with Crippen LogP contribution in [0.2, 0.25) is 0 Å². The number of rotatable bonds is 14. The van der Waals surface area contributed by atoms with Gasteiger partial charge in [0.15, 0.2) is 5.96 Å². The molecule has 0 saturated heterocycles. The molecule has 0 saturated carbocycles. The summed E-state index contributed by atoms with van der Waals surface area (Å²) >= 11 is 0. The first-order valence-electron chi connectivity index (χ1n) is 11.0. The maximum Gasteiger partial charge on any atom is 0.394 e. The molecule has 0 aromatic carbocycles. The van der Waals surface area contributed by atoms with Gasteiger partial charge >= 0.3 is 10.4 Å². The van der Waals surface area contributed by atoms with Crippen LogP contribution in [0, 0.1) is 11.8 Å². The molecular weight excluding hydrogens is 500 g/mol. The van der Waals surface area contributed by atoms with Gasteiger partial charge in [0.05, 0.1) is 6.04 Å². The van der Waals surface area contributed by atoms with Crippen molar-refractivity contribution in [2.45, 2.75) is 78.4 Å². The summed E-state index contributed by atoms with van der Waals surface area (Å²) in [6.07, 6.45) is 2.38. The molecule has 16 heteroatoms. The van der Waals surface area contributed by atoms with Gasteiger partial charge in [-0.2, -0.15) is 8.42 Å². The van der Waals surface area contributed by atoms with Crippen LogP contribution in [0.1, 0.15) is 60.3 Å². The number of aliphatic imine (C=N–C) groups is 1. The molecule has 3 atom stereocenters. The molecule has 212 valence electrons. The van der Waals surface area contributed by atoms with Gasteiger partial charge in [-0.05, 0) is 37.5 Å². The van der Waals surface area contributed by atoms with Crippen LogP contribution in [0.3, 0.4) is 0 Å². The zero-order valence-corrected chi connectivity index (χ0v) is 22.2. The second-order valence-corrected chi connectivity index (χ2v) is 9.62. The van der Waals surface area contributed by atoms with Gasteiger partial charge in [0, 0.05) is 13.5 Å². The first-order valence-corrected chi connectivity index (χ1v) is 12.4. The van der Waals surface area contributed by atoms with Crippen molar-refractivity contribution in [3.63, 3.8) is 0 Å². The number of hydrogen-bond acceptors (Lipinski definition) is 7. The fourth-order valence-corrected chi connectivity index (χ4v) is 2.90. The van der Waals surface area contributed by atoms with E-state index in [0.29, 0.717) is 38.5 Å². The monoisotopic (exact) mass is 542 g/mol. The van der Waals surface area contributed by atoms with E-state index in [2.05, 4.69) is 20.9 Å². The number of aldehydes is 1. The van der Waals surface area contributed by atoms with Gasteiger partial charge in [-0.15, -0.1) is 0 Å². The van der Waals surface area contributed by atoms with Gasteiger partial charge in [-0.1, -0.05) is 27.7 Å². The lowest BCUT2D eigenvalue weighted by atomic mass is 9.99. The van der Waals surface area contributed by atoms with Crippen LogP contribution in [0.15, 0.2) is 4.99 Å². The topological polar surface area (TPSA) is 275 Å². The van der Waals surface area contributed by atoms with Gasteiger partial charge in [-0.3, -0.25) is 28.5 Å². The molecule has 0 spiro atoms. The predicted octanol–water partition coefficient (Wildman–Crippen LogP) is -1.67. The van der Waals surface area contributed by atoms with E-state index in [1.807, 2.05) is 27.7 Å². The third-order valence-electron chi connectivity index (χ3n) is 4.20. The van der Waals surface area contributed by atoms with Gasteiger partial charge in [0.25, 0.3) is 0 Å². The van der Waals surface area contributed by atoms with E-state index < -0.39 is 40.3 Å². The maximum absolute atomic E-state index is 12.8. The Balaban J connectivity index is -0.00000164. The molecule has 0 aliphatic rings. The Hall–Kier alpha value is -2.82. The Morgan fingerprint density at radius 3 is 1.69 bits per heavy atom. The van der Waals surface area contributed by atoms with Gasteiger partial charge in [-0.25, -0.2) is 0 Å². The van der Waals surface area contributed by atoms with E-state index in [4.69, 9.17) is 29.0 Å². The quantitative estimate of drug-likeness (QED) is 0.0430. The minimum Gasteiger partial charge on any atom is -0.412 e. The van der Waals surface area contributed by atoms with Crippen LogP contribution in [0.5, 0.6) is 0 Å². The van der Waals surface area contributed by atoms with Crippen LogP contribution in [-0.4, -0.2) is 77.6 Å². The smallest absolute Gasteiger partial charge is 0.394 e. The van der Waals surface area contributed by atoms with E-state index in [0.717, 1.165) is 0 Å². The number of hydrogen-bond donors (Lipinski definition) is 7. The zero-order chi connectivity index (χ0) is 27.8. The second-order valence-electron chi connectivity index (χ2n) is 8.72. The molecule has 0 unspecified atom stereocenters. The molecule has 36 heavy (non-hydrogen) atoms. The van der Waals surface area contributed by atoms with Gasteiger partial charge in [0.1, 0.15) is 18.4 Å². The van der Waals surface area contributed by atoms with Crippen molar-refractivity contribution in [3.8, 4) is 0 Å². The molecule has 0 fully saturated rings. The Morgan fingerprint density at radius 1 is 0.917 bits per heavy atom.